The average Bonchev–Trinajstić information content (AvgIpc) is 2.84. The van der Waals surface area contributed by atoms with Crippen molar-refractivity contribution in [2.24, 2.45) is 0 Å². The number of hydrogen-bond donors (Lipinski definition) is 1. The summed E-state index contributed by atoms with van der Waals surface area (Å²) in [6.07, 6.45) is 2.51. The lowest BCUT2D eigenvalue weighted by atomic mass is 10.1. The first-order chi connectivity index (χ1) is 8.29. The topological polar surface area (TPSA) is 15.3 Å². The molecule has 1 aliphatic heterocycles. The maximum atomic E-state index is 13.6. The molecule has 94 valence electrons. The molecule has 0 saturated carbocycles. The van der Waals surface area contributed by atoms with Gasteiger partial charge in [-0.15, -0.1) is 0 Å². The highest BCUT2D eigenvalue weighted by molar-refractivity contribution is 5.17. The van der Waals surface area contributed by atoms with Gasteiger partial charge in [0.05, 0.1) is 0 Å². The molecule has 0 spiro atoms. The van der Waals surface area contributed by atoms with E-state index in [0.29, 0.717) is 12.6 Å². The summed E-state index contributed by atoms with van der Waals surface area (Å²) in [5.41, 5.74) is 0.798. The predicted molar refractivity (Wildman–Crippen MR) is 68.4 cm³/mol. The van der Waals surface area contributed by atoms with Crippen molar-refractivity contribution in [3.63, 3.8) is 0 Å². The SMILES string of the molecule is CCN(Cc1ccccc1F)CC1CCCN1. The van der Waals surface area contributed by atoms with E-state index in [4.69, 9.17) is 0 Å². The van der Waals surface area contributed by atoms with Gasteiger partial charge >= 0.3 is 0 Å². The van der Waals surface area contributed by atoms with Crippen LogP contribution in [0.2, 0.25) is 0 Å². The first kappa shape index (κ1) is 12.5. The molecule has 17 heavy (non-hydrogen) atoms. The first-order valence-electron chi connectivity index (χ1n) is 6.48. The summed E-state index contributed by atoms with van der Waals surface area (Å²) >= 11 is 0. The average molecular weight is 236 g/mol. The van der Waals surface area contributed by atoms with Crippen LogP contribution in [-0.2, 0) is 6.54 Å². The van der Waals surface area contributed by atoms with Crippen molar-refractivity contribution in [1.29, 1.82) is 0 Å². The Balaban J connectivity index is 1.92. The molecule has 0 amide bonds. The lowest BCUT2D eigenvalue weighted by molar-refractivity contribution is 0.250. The van der Waals surface area contributed by atoms with Crippen LogP contribution in [0.1, 0.15) is 25.3 Å². The second-order valence-electron chi connectivity index (χ2n) is 4.71. The number of hydrogen-bond acceptors (Lipinski definition) is 2. The van der Waals surface area contributed by atoms with Crippen LogP contribution in [0, 0.1) is 5.82 Å². The molecule has 0 bridgehead atoms. The molecule has 1 aromatic carbocycles. The van der Waals surface area contributed by atoms with E-state index < -0.39 is 0 Å². The van der Waals surface area contributed by atoms with Gasteiger partial charge in [-0.3, -0.25) is 4.90 Å². The molecule has 2 nitrogen and oxygen atoms in total. The molecule has 3 heteroatoms. The predicted octanol–water partition coefficient (Wildman–Crippen LogP) is 2.40. The highest BCUT2D eigenvalue weighted by Gasteiger charge is 2.17. The van der Waals surface area contributed by atoms with E-state index in [-0.39, 0.29) is 5.82 Å². The van der Waals surface area contributed by atoms with Gasteiger partial charge in [-0.25, -0.2) is 4.39 Å². The highest BCUT2D eigenvalue weighted by Crippen LogP contribution is 2.12. The maximum Gasteiger partial charge on any atom is 0.127 e. The molecule has 2 rings (SSSR count). The summed E-state index contributed by atoms with van der Waals surface area (Å²) in [6, 6.07) is 7.65. The summed E-state index contributed by atoms with van der Waals surface area (Å²) in [5, 5.41) is 3.49. The van der Waals surface area contributed by atoms with Gasteiger partial charge < -0.3 is 5.32 Å². The van der Waals surface area contributed by atoms with Crippen LogP contribution in [0.4, 0.5) is 4.39 Å². The Morgan fingerprint density at radius 1 is 1.41 bits per heavy atom. The summed E-state index contributed by atoms with van der Waals surface area (Å²) in [4.78, 5) is 2.31. The van der Waals surface area contributed by atoms with E-state index in [2.05, 4.69) is 17.1 Å². The van der Waals surface area contributed by atoms with E-state index in [9.17, 15) is 4.39 Å². The van der Waals surface area contributed by atoms with Gasteiger partial charge in [0.25, 0.3) is 0 Å². The van der Waals surface area contributed by atoms with Crippen LogP contribution < -0.4 is 5.32 Å². The van der Waals surface area contributed by atoms with Crippen LogP contribution >= 0.6 is 0 Å². The smallest absolute Gasteiger partial charge is 0.127 e. The molecule has 0 radical (unpaired) electrons. The molecule has 1 aromatic rings. The molecule has 0 aliphatic carbocycles. The molecule has 0 aromatic heterocycles. The number of nitrogens with zero attached hydrogens (tertiary/aromatic N) is 1. The Morgan fingerprint density at radius 3 is 2.88 bits per heavy atom. The van der Waals surface area contributed by atoms with E-state index >= 15 is 0 Å². The Hall–Kier alpha value is -0.930. The van der Waals surface area contributed by atoms with Crippen molar-refractivity contribution in [3.05, 3.63) is 35.6 Å². The van der Waals surface area contributed by atoms with Gasteiger partial charge in [0, 0.05) is 24.7 Å². The van der Waals surface area contributed by atoms with Gasteiger partial charge in [0.1, 0.15) is 5.82 Å². The third-order valence-electron chi connectivity index (χ3n) is 3.44. The molecular weight excluding hydrogens is 215 g/mol. The van der Waals surface area contributed by atoms with E-state index in [1.165, 1.54) is 18.9 Å². The quantitative estimate of drug-likeness (QED) is 0.844. The van der Waals surface area contributed by atoms with Crippen LogP contribution in [0.5, 0.6) is 0 Å². The summed E-state index contributed by atoms with van der Waals surface area (Å²) in [6.45, 7) is 5.95. The zero-order valence-corrected chi connectivity index (χ0v) is 10.5. The highest BCUT2D eigenvalue weighted by atomic mass is 19.1. The van der Waals surface area contributed by atoms with Crippen LogP contribution in [-0.4, -0.2) is 30.6 Å². The van der Waals surface area contributed by atoms with Gasteiger partial charge in [-0.2, -0.15) is 0 Å². The number of nitrogens with one attached hydrogen (secondary N) is 1. The summed E-state index contributed by atoms with van der Waals surface area (Å²) in [7, 11) is 0. The van der Waals surface area contributed by atoms with Crippen LogP contribution in [0.25, 0.3) is 0 Å². The largest absolute Gasteiger partial charge is 0.313 e. The van der Waals surface area contributed by atoms with Crippen molar-refractivity contribution in [3.8, 4) is 0 Å². The van der Waals surface area contributed by atoms with E-state index in [1.807, 2.05) is 12.1 Å². The van der Waals surface area contributed by atoms with Crippen molar-refractivity contribution in [1.82, 2.24) is 10.2 Å². The Kier molecular flexibility index (Phi) is 4.51. The molecular formula is C14H21FN2. The van der Waals surface area contributed by atoms with Crippen LogP contribution in [0.3, 0.4) is 0 Å². The number of halogens is 1. The Labute approximate surface area is 103 Å². The van der Waals surface area contributed by atoms with E-state index in [1.54, 1.807) is 6.07 Å². The standard InChI is InChI=1S/C14H21FN2/c1-2-17(11-13-7-5-9-16-13)10-12-6-3-4-8-14(12)15/h3-4,6,8,13,16H,2,5,7,9-11H2,1H3. The second kappa shape index (κ2) is 6.12. The minimum Gasteiger partial charge on any atom is -0.313 e. The van der Waals surface area contributed by atoms with Crippen molar-refractivity contribution >= 4 is 0 Å². The molecule has 1 atom stereocenters. The molecule has 1 fully saturated rings. The fourth-order valence-corrected chi connectivity index (χ4v) is 2.40. The Morgan fingerprint density at radius 2 is 2.24 bits per heavy atom. The summed E-state index contributed by atoms with van der Waals surface area (Å²) in [5.74, 6) is -0.0923. The van der Waals surface area contributed by atoms with Crippen LogP contribution in [0.15, 0.2) is 24.3 Å². The Bertz CT molecular complexity index is 348. The van der Waals surface area contributed by atoms with Crippen molar-refractivity contribution in [2.45, 2.75) is 32.4 Å². The van der Waals surface area contributed by atoms with Gasteiger partial charge in [-0.1, -0.05) is 25.1 Å². The third kappa shape index (κ3) is 3.51. The third-order valence-corrected chi connectivity index (χ3v) is 3.44. The molecule has 1 N–H and O–H groups in total. The molecule has 1 unspecified atom stereocenters. The lowest BCUT2D eigenvalue weighted by Crippen LogP contribution is -2.37. The van der Waals surface area contributed by atoms with Crippen molar-refractivity contribution in [2.75, 3.05) is 19.6 Å². The summed E-state index contributed by atoms with van der Waals surface area (Å²) < 4.78 is 13.6. The number of likely N-dealkylation sites (N-methyl/N-ethyl adjacent to an activating group) is 1. The fraction of sp³-hybridized carbons (Fsp3) is 0.571. The number of benzene rings is 1. The zero-order valence-electron chi connectivity index (χ0n) is 10.5. The monoisotopic (exact) mass is 236 g/mol. The maximum absolute atomic E-state index is 13.6. The molecule has 1 heterocycles. The zero-order chi connectivity index (χ0) is 12.1. The van der Waals surface area contributed by atoms with Gasteiger partial charge in [-0.05, 0) is 32.0 Å². The fourth-order valence-electron chi connectivity index (χ4n) is 2.40. The lowest BCUT2D eigenvalue weighted by Gasteiger charge is -2.24. The van der Waals surface area contributed by atoms with Gasteiger partial charge in [0.15, 0.2) is 0 Å². The minimum atomic E-state index is -0.0923. The second-order valence-corrected chi connectivity index (χ2v) is 4.71. The molecule has 1 aliphatic rings. The van der Waals surface area contributed by atoms with Gasteiger partial charge in [0.2, 0.25) is 0 Å². The normalized spacial score (nSPS) is 20.1. The first-order valence-corrected chi connectivity index (χ1v) is 6.48. The molecule has 1 saturated heterocycles. The number of rotatable bonds is 5. The van der Waals surface area contributed by atoms with E-state index in [0.717, 1.165) is 25.2 Å². The van der Waals surface area contributed by atoms with Crippen molar-refractivity contribution < 1.29 is 4.39 Å². The minimum absolute atomic E-state index is 0.0923.